The third-order valence-corrected chi connectivity index (χ3v) is 3.11. The molecule has 4 heteroatoms. The molecule has 2 unspecified atom stereocenters. The Hall–Kier alpha value is -1.13. The van der Waals surface area contributed by atoms with E-state index in [1.807, 2.05) is 19.1 Å². The number of hydrogen-bond donors (Lipinski definition) is 1. The van der Waals surface area contributed by atoms with Crippen molar-refractivity contribution in [1.29, 1.82) is 0 Å². The zero-order valence-corrected chi connectivity index (χ0v) is 10.5. The molecule has 94 valence electrons. The van der Waals surface area contributed by atoms with Gasteiger partial charge in [-0.25, -0.2) is 0 Å². The van der Waals surface area contributed by atoms with Crippen molar-refractivity contribution in [3.05, 3.63) is 23.5 Å². The van der Waals surface area contributed by atoms with E-state index in [1.165, 1.54) is 0 Å². The van der Waals surface area contributed by atoms with E-state index >= 15 is 0 Å². The smallest absolute Gasteiger partial charge is 0.122 e. The lowest BCUT2D eigenvalue weighted by molar-refractivity contribution is 0.0428. The summed E-state index contributed by atoms with van der Waals surface area (Å²) >= 11 is 0. The van der Waals surface area contributed by atoms with Crippen LogP contribution < -0.4 is 10.5 Å². The van der Waals surface area contributed by atoms with E-state index in [0.29, 0.717) is 18.8 Å². The van der Waals surface area contributed by atoms with Gasteiger partial charge in [-0.2, -0.15) is 0 Å². The van der Waals surface area contributed by atoms with Crippen LogP contribution in [-0.2, 0) is 11.3 Å². The van der Waals surface area contributed by atoms with E-state index in [-0.39, 0.29) is 0 Å². The van der Waals surface area contributed by atoms with Crippen LogP contribution in [0.25, 0.3) is 0 Å². The molecule has 1 fully saturated rings. The van der Waals surface area contributed by atoms with E-state index in [4.69, 9.17) is 15.2 Å². The van der Waals surface area contributed by atoms with E-state index in [1.54, 1.807) is 7.11 Å². The minimum atomic E-state index is 0.290. The quantitative estimate of drug-likeness (QED) is 0.866. The Morgan fingerprint density at radius 3 is 2.88 bits per heavy atom. The molecule has 1 aromatic heterocycles. The maximum absolute atomic E-state index is 5.85. The molecule has 2 rings (SSSR count). The summed E-state index contributed by atoms with van der Waals surface area (Å²) in [5, 5.41) is 0. The third kappa shape index (κ3) is 3.41. The van der Waals surface area contributed by atoms with Crippen LogP contribution in [0.5, 0.6) is 5.75 Å². The summed E-state index contributed by atoms with van der Waals surface area (Å²) in [6.45, 7) is 2.49. The average molecular weight is 236 g/mol. The first-order valence-corrected chi connectivity index (χ1v) is 6.06. The van der Waals surface area contributed by atoms with Gasteiger partial charge in [-0.05, 0) is 26.2 Å². The highest BCUT2D eigenvalue weighted by Crippen LogP contribution is 2.22. The number of rotatable bonds is 4. The van der Waals surface area contributed by atoms with Gasteiger partial charge >= 0.3 is 0 Å². The van der Waals surface area contributed by atoms with E-state index in [9.17, 15) is 0 Å². The molecular weight excluding hydrogens is 216 g/mol. The van der Waals surface area contributed by atoms with Crippen molar-refractivity contribution in [1.82, 2.24) is 4.98 Å². The number of methoxy groups -OCH3 is 1. The molecule has 2 atom stereocenters. The molecule has 0 spiro atoms. The van der Waals surface area contributed by atoms with Crippen LogP contribution in [0.2, 0.25) is 0 Å². The first-order valence-electron chi connectivity index (χ1n) is 6.06. The fraction of sp³-hybridized carbons (Fsp3) is 0.615. The van der Waals surface area contributed by atoms with Crippen LogP contribution in [0.4, 0.5) is 0 Å². The Labute approximate surface area is 102 Å². The molecule has 0 aliphatic heterocycles. The molecule has 4 nitrogen and oxygen atoms in total. The molecule has 0 radical (unpaired) electrons. The fourth-order valence-electron chi connectivity index (χ4n) is 2.22. The normalized spacial score (nSPS) is 23.9. The topological polar surface area (TPSA) is 57.4 Å². The SMILES string of the molecule is COc1cc(C)nc(COC2CCC(N)C2)c1. The number of aromatic nitrogens is 1. The summed E-state index contributed by atoms with van der Waals surface area (Å²) in [5.41, 5.74) is 7.72. The summed E-state index contributed by atoms with van der Waals surface area (Å²) in [4.78, 5) is 4.43. The second kappa shape index (κ2) is 5.47. The van der Waals surface area contributed by atoms with Gasteiger partial charge < -0.3 is 15.2 Å². The van der Waals surface area contributed by atoms with Gasteiger partial charge in [0.25, 0.3) is 0 Å². The Morgan fingerprint density at radius 2 is 2.24 bits per heavy atom. The van der Waals surface area contributed by atoms with Gasteiger partial charge in [0.1, 0.15) is 5.75 Å². The van der Waals surface area contributed by atoms with Crippen molar-refractivity contribution in [3.63, 3.8) is 0 Å². The zero-order valence-electron chi connectivity index (χ0n) is 10.5. The highest BCUT2D eigenvalue weighted by Gasteiger charge is 2.22. The molecule has 1 saturated carbocycles. The van der Waals surface area contributed by atoms with Crippen molar-refractivity contribution in [3.8, 4) is 5.75 Å². The molecule has 0 aromatic carbocycles. The molecule has 1 aliphatic rings. The Bertz CT molecular complexity index is 382. The number of nitrogens with zero attached hydrogens (tertiary/aromatic N) is 1. The number of ether oxygens (including phenoxy) is 2. The van der Waals surface area contributed by atoms with Crippen LogP contribution >= 0.6 is 0 Å². The standard InChI is InChI=1S/C13H20N2O2/c1-9-5-13(16-2)7-11(15-9)8-17-12-4-3-10(14)6-12/h5,7,10,12H,3-4,6,8,14H2,1-2H3. The van der Waals surface area contributed by atoms with Gasteiger partial charge in [-0.3, -0.25) is 4.98 Å². The second-order valence-corrected chi connectivity index (χ2v) is 4.65. The summed E-state index contributed by atoms with van der Waals surface area (Å²) in [6, 6.07) is 4.14. The number of pyridine rings is 1. The first kappa shape index (κ1) is 12.3. The maximum Gasteiger partial charge on any atom is 0.122 e. The molecule has 1 heterocycles. The van der Waals surface area contributed by atoms with Crippen LogP contribution in [0.1, 0.15) is 30.7 Å². The molecule has 1 aromatic rings. The van der Waals surface area contributed by atoms with Gasteiger partial charge in [0.05, 0.1) is 25.5 Å². The van der Waals surface area contributed by atoms with Gasteiger partial charge in [0, 0.05) is 23.9 Å². The molecule has 0 bridgehead atoms. The monoisotopic (exact) mass is 236 g/mol. The molecular formula is C13H20N2O2. The van der Waals surface area contributed by atoms with Crippen LogP contribution in [0, 0.1) is 6.92 Å². The first-order chi connectivity index (χ1) is 8.17. The molecule has 2 N–H and O–H groups in total. The predicted molar refractivity (Wildman–Crippen MR) is 65.9 cm³/mol. The molecule has 0 saturated heterocycles. The predicted octanol–water partition coefficient (Wildman–Crippen LogP) is 1.80. The van der Waals surface area contributed by atoms with E-state index < -0.39 is 0 Å². The minimum Gasteiger partial charge on any atom is -0.497 e. The third-order valence-electron chi connectivity index (χ3n) is 3.11. The largest absolute Gasteiger partial charge is 0.497 e. The van der Waals surface area contributed by atoms with Crippen LogP contribution in [0.3, 0.4) is 0 Å². The average Bonchev–Trinajstić information content (AvgIpc) is 2.72. The van der Waals surface area contributed by atoms with Gasteiger partial charge in [0.2, 0.25) is 0 Å². The molecule has 17 heavy (non-hydrogen) atoms. The fourth-order valence-corrected chi connectivity index (χ4v) is 2.22. The van der Waals surface area contributed by atoms with Crippen molar-refractivity contribution < 1.29 is 9.47 Å². The Kier molecular flexibility index (Phi) is 3.97. The van der Waals surface area contributed by atoms with Crippen molar-refractivity contribution in [2.24, 2.45) is 5.73 Å². The number of aryl methyl sites for hydroxylation is 1. The van der Waals surface area contributed by atoms with E-state index in [0.717, 1.165) is 36.4 Å². The number of hydrogen-bond acceptors (Lipinski definition) is 4. The summed E-state index contributed by atoms with van der Waals surface area (Å²) in [7, 11) is 1.66. The lowest BCUT2D eigenvalue weighted by atomic mass is 10.2. The second-order valence-electron chi connectivity index (χ2n) is 4.65. The van der Waals surface area contributed by atoms with Gasteiger partial charge in [0.15, 0.2) is 0 Å². The van der Waals surface area contributed by atoms with Gasteiger partial charge in [-0.15, -0.1) is 0 Å². The van der Waals surface area contributed by atoms with E-state index in [2.05, 4.69) is 4.98 Å². The maximum atomic E-state index is 5.85. The summed E-state index contributed by atoms with van der Waals surface area (Å²) in [6.07, 6.45) is 3.38. The summed E-state index contributed by atoms with van der Waals surface area (Å²) in [5.74, 6) is 0.833. The van der Waals surface area contributed by atoms with Crippen molar-refractivity contribution >= 4 is 0 Å². The van der Waals surface area contributed by atoms with Crippen molar-refractivity contribution in [2.45, 2.75) is 44.9 Å². The lowest BCUT2D eigenvalue weighted by Crippen LogP contribution is -2.17. The number of nitrogens with two attached hydrogens (primary N) is 1. The highest BCUT2D eigenvalue weighted by atomic mass is 16.5. The Morgan fingerprint density at radius 1 is 1.41 bits per heavy atom. The zero-order chi connectivity index (χ0) is 12.3. The highest BCUT2D eigenvalue weighted by molar-refractivity contribution is 5.26. The van der Waals surface area contributed by atoms with Gasteiger partial charge in [-0.1, -0.05) is 0 Å². The molecule has 0 amide bonds. The summed E-state index contributed by atoms with van der Waals surface area (Å²) < 4.78 is 11.0. The van der Waals surface area contributed by atoms with Crippen LogP contribution in [0.15, 0.2) is 12.1 Å². The molecule has 1 aliphatic carbocycles. The lowest BCUT2D eigenvalue weighted by Gasteiger charge is -2.12. The minimum absolute atomic E-state index is 0.290. The Balaban J connectivity index is 1.92. The van der Waals surface area contributed by atoms with Crippen LogP contribution in [-0.4, -0.2) is 24.2 Å². The van der Waals surface area contributed by atoms with Crippen molar-refractivity contribution in [2.75, 3.05) is 7.11 Å².